The van der Waals surface area contributed by atoms with Crippen LogP contribution < -0.4 is 0 Å². The van der Waals surface area contributed by atoms with Gasteiger partial charge in [0.25, 0.3) is 0 Å². The molecular weight excluding hydrogens is 266 g/mol. The zero-order valence-corrected chi connectivity index (χ0v) is 13.3. The largest absolute Gasteiger partial charge is 0.381 e. The Morgan fingerprint density at radius 1 is 1.19 bits per heavy atom. The fourth-order valence-corrected chi connectivity index (χ4v) is 4.12. The normalized spacial score (nSPS) is 32.0. The van der Waals surface area contributed by atoms with Crippen LogP contribution in [0.1, 0.15) is 51.9 Å². The van der Waals surface area contributed by atoms with E-state index in [0.717, 1.165) is 52.2 Å². The van der Waals surface area contributed by atoms with Gasteiger partial charge in [0.1, 0.15) is 0 Å². The fourth-order valence-electron chi connectivity index (χ4n) is 4.12. The summed E-state index contributed by atoms with van der Waals surface area (Å²) in [5, 5.41) is 0. The van der Waals surface area contributed by atoms with Gasteiger partial charge in [-0.2, -0.15) is 0 Å². The quantitative estimate of drug-likeness (QED) is 0.800. The average Bonchev–Trinajstić information content (AvgIpc) is 2.46. The smallest absolute Gasteiger partial charge is 0.222 e. The average molecular weight is 295 g/mol. The Kier molecular flexibility index (Phi) is 4.85. The molecule has 2 saturated heterocycles. The van der Waals surface area contributed by atoms with Crippen LogP contribution in [0.25, 0.3) is 0 Å². The highest BCUT2D eigenvalue weighted by atomic mass is 16.5. The molecular formula is C17H29NO3. The summed E-state index contributed by atoms with van der Waals surface area (Å²) in [6.45, 7) is 6.58. The third-order valence-electron chi connectivity index (χ3n) is 5.79. The zero-order valence-electron chi connectivity index (χ0n) is 13.3. The van der Waals surface area contributed by atoms with E-state index in [1.54, 1.807) is 0 Å². The molecule has 0 bridgehead atoms. The van der Waals surface area contributed by atoms with Gasteiger partial charge < -0.3 is 14.4 Å². The highest BCUT2D eigenvalue weighted by molar-refractivity contribution is 5.76. The van der Waals surface area contributed by atoms with E-state index in [1.807, 2.05) is 6.92 Å². The molecule has 0 N–H and O–H groups in total. The van der Waals surface area contributed by atoms with Crippen LogP contribution in [0.4, 0.5) is 0 Å². The summed E-state index contributed by atoms with van der Waals surface area (Å²) in [5.41, 5.74) is 0.478. The van der Waals surface area contributed by atoms with Crippen molar-refractivity contribution >= 4 is 5.91 Å². The molecule has 3 fully saturated rings. The summed E-state index contributed by atoms with van der Waals surface area (Å²) in [6, 6.07) is 0. The standard InChI is InChI=1S/C17H29NO3/c1-2-21-15-11-14(12-15)13-16(19)18-7-3-17(4-8-18)5-9-20-10-6-17/h14-15H,2-13H2,1H3. The van der Waals surface area contributed by atoms with Crippen LogP contribution in [0, 0.1) is 11.3 Å². The van der Waals surface area contributed by atoms with Gasteiger partial charge in [0, 0.05) is 39.3 Å². The Labute approximate surface area is 128 Å². The predicted molar refractivity (Wildman–Crippen MR) is 81.1 cm³/mol. The zero-order chi connectivity index (χ0) is 14.7. The van der Waals surface area contributed by atoms with Crippen molar-refractivity contribution in [3.8, 4) is 0 Å². The lowest BCUT2D eigenvalue weighted by atomic mass is 9.72. The van der Waals surface area contributed by atoms with Crippen molar-refractivity contribution in [2.75, 3.05) is 32.9 Å². The highest BCUT2D eigenvalue weighted by Gasteiger charge is 2.38. The molecule has 0 radical (unpaired) electrons. The number of piperidine rings is 1. The Balaban J connectivity index is 1.39. The molecule has 0 atom stereocenters. The number of amides is 1. The first kappa shape index (κ1) is 15.3. The van der Waals surface area contributed by atoms with Crippen LogP contribution in [0.5, 0.6) is 0 Å². The van der Waals surface area contributed by atoms with E-state index < -0.39 is 0 Å². The van der Waals surface area contributed by atoms with E-state index >= 15 is 0 Å². The van der Waals surface area contributed by atoms with Crippen molar-refractivity contribution in [3.63, 3.8) is 0 Å². The monoisotopic (exact) mass is 295 g/mol. The van der Waals surface area contributed by atoms with Gasteiger partial charge in [-0.15, -0.1) is 0 Å². The molecule has 21 heavy (non-hydrogen) atoms. The van der Waals surface area contributed by atoms with Gasteiger partial charge in [-0.05, 0) is 56.8 Å². The van der Waals surface area contributed by atoms with Crippen molar-refractivity contribution in [2.24, 2.45) is 11.3 Å². The van der Waals surface area contributed by atoms with E-state index in [1.165, 1.54) is 25.7 Å². The molecule has 1 aliphatic carbocycles. The van der Waals surface area contributed by atoms with Crippen LogP contribution in [-0.4, -0.2) is 49.8 Å². The first-order chi connectivity index (χ1) is 10.2. The second-order valence-electron chi connectivity index (χ2n) is 7.11. The Morgan fingerprint density at radius 2 is 1.86 bits per heavy atom. The molecule has 1 saturated carbocycles. The topological polar surface area (TPSA) is 38.8 Å². The first-order valence-electron chi connectivity index (χ1n) is 8.68. The second-order valence-corrected chi connectivity index (χ2v) is 7.11. The molecule has 0 aromatic carbocycles. The lowest BCUT2D eigenvalue weighted by molar-refractivity contribution is -0.138. The summed E-state index contributed by atoms with van der Waals surface area (Å²) < 4.78 is 11.1. The van der Waals surface area contributed by atoms with Crippen LogP contribution >= 0.6 is 0 Å². The molecule has 0 aromatic rings. The van der Waals surface area contributed by atoms with E-state index in [4.69, 9.17) is 9.47 Å². The molecule has 1 spiro atoms. The third-order valence-corrected chi connectivity index (χ3v) is 5.79. The maximum atomic E-state index is 12.4. The van der Waals surface area contributed by atoms with Crippen LogP contribution in [0.3, 0.4) is 0 Å². The molecule has 0 aromatic heterocycles. The molecule has 120 valence electrons. The summed E-state index contributed by atoms with van der Waals surface area (Å²) in [7, 11) is 0. The van der Waals surface area contributed by atoms with Gasteiger partial charge in [0.2, 0.25) is 5.91 Å². The Bertz CT molecular complexity index is 349. The molecule has 4 nitrogen and oxygen atoms in total. The van der Waals surface area contributed by atoms with Crippen molar-refractivity contribution in [2.45, 2.75) is 58.0 Å². The minimum absolute atomic E-state index is 0.372. The summed E-state index contributed by atoms with van der Waals surface area (Å²) in [5.74, 6) is 0.935. The van der Waals surface area contributed by atoms with E-state index in [9.17, 15) is 4.79 Å². The minimum Gasteiger partial charge on any atom is -0.381 e. The van der Waals surface area contributed by atoms with Gasteiger partial charge in [-0.1, -0.05) is 0 Å². The summed E-state index contributed by atoms with van der Waals surface area (Å²) in [4.78, 5) is 14.5. The van der Waals surface area contributed by atoms with Gasteiger partial charge in [0.15, 0.2) is 0 Å². The lowest BCUT2D eigenvalue weighted by Crippen LogP contribution is -2.46. The summed E-state index contributed by atoms with van der Waals surface area (Å²) >= 11 is 0. The molecule has 3 rings (SSSR count). The van der Waals surface area contributed by atoms with Crippen molar-refractivity contribution in [1.82, 2.24) is 4.90 Å². The van der Waals surface area contributed by atoms with Crippen LogP contribution in [0.15, 0.2) is 0 Å². The molecule has 2 aliphatic heterocycles. The lowest BCUT2D eigenvalue weighted by Gasteiger charge is -2.44. The predicted octanol–water partition coefficient (Wildman–Crippen LogP) is 2.61. The highest BCUT2D eigenvalue weighted by Crippen LogP contribution is 2.41. The molecule has 1 amide bonds. The third kappa shape index (κ3) is 3.59. The van der Waals surface area contributed by atoms with Crippen molar-refractivity contribution in [1.29, 1.82) is 0 Å². The van der Waals surface area contributed by atoms with Crippen molar-refractivity contribution < 1.29 is 14.3 Å². The van der Waals surface area contributed by atoms with Crippen LogP contribution in [-0.2, 0) is 14.3 Å². The number of nitrogens with zero attached hydrogens (tertiary/aromatic N) is 1. The first-order valence-corrected chi connectivity index (χ1v) is 8.68. The molecule has 4 heteroatoms. The van der Waals surface area contributed by atoms with Gasteiger partial charge in [0.05, 0.1) is 6.10 Å². The maximum Gasteiger partial charge on any atom is 0.222 e. The second kappa shape index (κ2) is 6.66. The van der Waals surface area contributed by atoms with Crippen LogP contribution in [0.2, 0.25) is 0 Å². The summed E-state index contributed by atoms with van der Waals surface area (Å²) in [6.07, 6.45) is 8.03. The van der Waals surface area contributed by atoms with E-state index in [2.05, 4.69) is 4.90 Å². The maximum absolute atomic E-state index is 12.4. The van der Waals surface area contributed by atoms with E-state index in [0.29, 0.717) is 23.3 Å². The molecule has 3 aliphatic rings. The minimum atomic E-state index is 0.372. The number of carbonyl (C=O) groups excluding carboxylic acids is 1. The SMILES string of the molecule is CCOC1CC(CC(=O)N2CCC3(CCOCC3)CC2)C1. The Morgan fingerprint density at radius 3 is 2.48 bits per heavy atom. The number of hydrogen-bond donors (Lipinski definition) is 0. The van der Waals surface area contributed by atoms with Crippen molar-refractivity contribution in [3.05, 3.63) is 0 Å². The number of likely N-dealkylation sites (tertiary alicyclic amines) is 1. The number of carbonyl (C=O) groups is 1. The number of hydrogen-bond acceptors (Lipinski definition) is 3. The fraction of sp³-hybridized carbons (Fsp3) is 0.941. The van der Waals surface area contributed by atoms with E-state index in [-0.39, 0.29) is 0 Å². The Hall–Kier alpha value is -0.610. The number of rotatable bonds is 4. The molecule has 0 unspecified atom stereocenters. The number of ether oxygens (including phenoxy) is 2. The van der Waals surface area contributed by atoms with Gasteiger partial charge in [-0.25, -0.2) is 0 Å². The molecule has 2 heterocycles. The van der Waals surface area contributed by atoms with Gasteiger partial charge in [-0.3, -0.25) is 4.79 Å². The van der Waals surface area contributed by atoms with Gasteiger partial charge >= 0.3 is 0 Å².